The van der Waals surface area contributed by atoms with Gasteiger partial charge in [0.1, 0.15) is 0 Å². The number of esters is 1. The number of carbonyl (C=O) groups excluding carboxylic acids is 1. The topological polar surface area (TPSA) is 72.5 Å². The molecule has 0 bridgehead atoms. The molecule has 0 radical (unpaired) electrons. The molecule has 1 aliphatic rings. The smallest absolute Gasteiger partial charge is 0.339 e. The Balaban J connectivity index is 1.89. The van der Waals surface area contributed by atoms with Crippen molar-refractivity contribution in [3.05, 3.63) is 47.5 Å². The van der Waals surface area contributed by atoms with E-state index in [2.05, 4.69) is 0 Å². The zero-order chi connectivity index (χ0) is 21.7. The molecule has 7 heteroatoms. The van der Waals surface area contributed by atoms with Crippen molar-refractivity contribution in [3.8, 4) is 23.0 Å². The van der Waals surface area contributed by atoms with Crippen LogP contribution in [0.3, 0.4) is 0 Å². The minimum atomic E-state index is -1.09. The lowest BCUT2D eigenvalue weighted by Crippen LogP contribution is -2.46. The lowest BCUT2D eigenvalue weighted by Gasteiger charge is -2.30. The average Bonchev–Trinajstić information content (AvgIpc) is 3.08. The van der Waals surface area contributed by atoms with Crippen molar-refractivity contribution in [2.24, 2.45) is 5.92 Å². The largest absolute Gasteiger partial charge is 0.493 e. The Kier molecular flexibility index (Phi) is 6.72. The second kappa shape index (κ2) is 9.26. The quantitative estimate of drug-likeness (QED) is 0.582. The lowest BCUT2D eigenvalue weighted by atomic mass is 9.80. The molecule has 0 aliphatic carbocycles. The Hall–Kier alpha value is -2.93. The minimum absolute atomic E-state index is 0.166. The number of cyclic esters (lactones) is 1. The Morgan fingerprint density at radius 2 is 1.37 bits per heavy atom. The van der Waals surface area contributed by atoms with Gasteiger partial charge in [0.2, 0.25) is 0 Å². The van der Waals surface area contributed by atoms with Crippen LogP contribution in [0.5, 0.6) is 23.0 Å². The average molecular weight is 416 g/mol. The van der Waals surface area contributed by atoms with Crippen LogP contribution >= 0.6 is 0 Å². The summed E-state index contributed by atoms with van der Waals surface area (Å²) in [5, 5.41) is 0. The summed E-state index contributed by atoms with van der Waals surface area (Å²) in [5.74, 6) is 2.01. The molecule has 1 fully saturated rings. The Morgan fingerprint density at radius 3 is 1.90 bits per heavy atom. The van der Waals surface area contributed by atoms with E-state index in [1.54, 1.807) is 35.5 Å². The maximum Gasteiger partial charge on any atom is 0.339 e. The molecule has 162 valence electrons. The molecule has 3 rings (SSSR count). The normalized spacial score (nSPS) is 20.6. The van der Waals surface area contributed by atoms with E-state index in [1.165, 1.54) is 0 Å². The van der Waals surface area contributed by atoms with E-state index in [4.69, 9.17) is 28.4 Å². The van der Waals surface area contributed by atoms with Gasteiger partial charge in [-0.15, -0.1) is 0 Å². The summed E-state index contributed by atoms with van der Waals surface area (Å²) in [4.78, 5) is 12.8. The molecule has 2 aromatic rings. The van der Waals surface area contributed by atoms with Crippen LogP contribution in [0.1, 0.15) is 11.1 Å². The van der Waals surface area contributed by atoms with Crippen molar-refractivity contribution in [3.63, 3.8) is 0 Å². The van der Waals surface area contributed by atoms with Gasteiger partial charge in [-0.3, -0.25) is 0 Å². The Morgan fingerprint density at radius 1 is 0.833 bits per heavy atom. The maximum absolute atomic E-state index is 12.8. The van der Waals surface area contributed by atoms with Gasteiger partial charge in [0.25, 0.3) is 0 Å². The summed E-state index contributed by atoms with van der Waals surface area (Å²) in [5.41, 5.74) is 0.808. The van der Waals surface area contributed by atoms with E-state index in [1.807, 2.05) is 36.4 Å². The van der Waals surface area contributed by atoms with E-state index in [9.17, 15) is 4.79 Å². The third-order valence-corrected chi connectivity index (χ3v) is 5.63. The molecule has 7 nitrogen and oxygen atoms in total. The number of methoxy groups -OCH3 is 5. The number of benzene rings is 2. The van der Waals surface area contributed by atoms with Crippen LogP contribution in [-0.2, 0) is 27.1 Å². The maximum atomic E-state index is 12.8. The van der Waals surface area contributed by atoms with Gasteiger partial charge in [-0.2, -0.15) is 0 Å². The van der Waals surface area contributed by atoms with Gasteiger partial charge in [-0.1, -0.05) is 12.1 Å². The van der Waals surface area contributed by atoms with Crippen LogP contribution in [0.4, 0.5) is 0 Å². The third kappa shape index (κ3) is 4.03. The summed E-state index contributed by atoms with van der Waals surface area (Å²) in [6.45, 7) is 0.286. The summed E-state index contributed by atoms with van der Waals surface area (Å²) in [7, 11) is 7.91. The molecule has 1 heterocycles. The molecule has 0 unspecified atom stereocenters. The van der Waals surface area contributed by atoms with Crippen molar-refractivity contribution in [1.82, 2.24) is 0 Å². The van der Waals surface area contributed by atoms with E-state index in [0.29, 0.717) is 35.8 Å². The van der Waals surface area contributed by atoms with Gasteiger partial charge in [0.15, 0.2) is 28.6 Å². The zero-order valence-corrected chi connectivity index (χ0v) is 18.0. The highest BCUT2D eigenvalue weighted by Crippen LogP contribution is 2.39. The SMILES string of the molecule is COc1ccc(C[C@H]2COC(=O)[C@@]2(Cc2ccc(OC)c(OC)c2)OC)cc1OC. The molecule has 2 aromatic carbocycles. The van der Waals surface area contributed by atoms with Crippen LogP contribution < -0.4 is 18.9 Å². The van der Waals surface area contributed by atoms with E-state index >= 15 is 0 Å². The van der Waals surface area contributed by atoms with Crippen LogP contribution in [0.25, 0.3) is 0 Å². The molecule has 0 aromatic heterocycles. The first kappa shape index (κ1) is 21.8. The highest BCUT2D eigenvalue weighted by Gasteiger charge is 2.53. The van der Waals surface area contributed by atoms with Gasteiger partial charge in [-0.05, 0) is 41.8 Å². The fourth-order valence-electron chi connectivity index (χ4n) is 3.95. The monoisotopic (exact) mass is 416 g/mol. The van der Waals surface area contributed by atoms with Gasteiger partial charge >= 0.3 is 5.97 Å². The zero-order valence-electron chi connectivity index (χ0n) is 18.0. The molecular formula is C23H28O7. The van der Waals surface area contributed by atoms with Gasteiger partial charge in [0, 0.05) is 19.4 Å². The minimum Gasteiger partial charge on any atom is -0.493 e. The van der Waals surface area contributed by atoms with E-state index in [0.717, 1.165) is 11.1 Å². The molecule has 30 heavy (non-hydrogen) atoms. The van der Waals surface area contributed by atoms with Crippen molar-refractivity contribution in [2.75, 3.05) is 42.2 Å². The van der Waals surface area contributed by atoms with Crippen molar-refractivity contribution in [1.29, 1.82) is 0 Å². The molecule has 0 saturated carbocycles. The first-order chi connectivity index (χ1) is 14.5. The van der Waals surface area contributed by atoms with Gasteiger partial charge in [0.05, 0.1) is 35.0 Å². The third-order valence-electron chi connectivity index (χ3n) is 5.63. The molecular weight excluding hydrogens is 388 g/mol. The van der Waals surface area contributed by atoms with Gasteiger partial charge in [-0.25, -0.2) is 4.79 Å². The van der Waals surface area contributed by atoms with Crippen LogP contribution in [0.15, 0.2) is 36.4 Å². The Bertz CT molecular complexity index is 895. The summed E-state index contributed by atoms with van der Waals surface area (Å²) >= 11 is 0. The van der Waals surface area contributed by atoms with E-state index < -0.39 is 5.60 Å². The lowest BCUT2D eigenvalue weighted by molar-refractivity contribution is -0.157. The summed E-state index contributed by atoms with van der Waals surface area (Å²) in [6.07, 6.45) is 0.952. The second-order valence-electron chi connectivity index (χ2n) is 7.15. The highest BCUT2D eigenvalue weighted by molar-refractivity contribution is 5.82. The predicted octanol–water partition coefficient (Wildman–Crippen LogP) is 3.06. The second-order valence-corrected chi connectivity index (χ2v) is 7.15. The number of hydrogen-bond donors (Lipinski definition) is 0. The standard InChI is InChI=1S/C23H28O7/c1-25-18-8-6-15(11-20(18)27-3)10-17-14-30-22(24)23(17,29-5)13-16-7-9-19(26-2)21(12-16)28-4/h6-9,11-12,17H,10,13-14H2,1-5H3/t17-,23-/m0/s1. The fourth-order valence-corrected chi connectivity index (χ4v) is 3.95. The highest BCUT2D eigenvalue weighted by atomic mass is 16.6. The fraction of sp³-hybridized carbons (Fsp3) is 0.435. The molecule has 2 atom stereocenters. The predicted molar refractivity (Wildman–Crippen MR) is 111 cm³/mol. The number of ether oxygens (including phenoxy) is 6. The molecule has 1 aliphatic heterocycles. The van der Waals surface area contributed by atoms with Crippen molar-refractivity contribution >= 4 is 5.97 Å². The van der Waals surface area contributed by atoms with Crippen LogP contribution in [-0.4, -0.2) is 53.7 Å². The summed E-state index contributed by atoms with van der Waals surface area (Å²) in [6, 6.07) is 11.3. The molecule has 0 amide bonds. The van der Waals surface area contributed by atoms with Crippen LogP contribution in [0.2, 0.25) is 0 Å². The van der Waals surface area contributed by atoms with Crippen molar-refractivity contribution in [2.45, 2.75) is 18.4 Å². The first-order valence-corrected chi connectivity index (χ1v) is 9.65. The first-order valence-electron chi connectivity index (χ1n) is 9.65. The van der Waals surface area contributed by atoms with Crippen LogP contribution in [0, 0.1) is 5.92 Å². The summed E-state index contributed by atoms with van der Waals surface area (Å²) < 4.78 is 32.7. The number of rotatable bonds is 9. The van der Waals surface area contributed by atoms with Crippen molar-refractivity contribution < 1.29 is 33.2 Å². The van der Waals surface area contributed by atoms with E-state index in [-0.39, 0.29) is 18.5 Å². The molecule has 0 spiro atoms. The number of hydrogen-bond acceptors (Lipinski definition) is 7. The molecule has 0 N–H and O–H groups in total. The molecule has 1 saturated heterocycles. The number of carbonyl (C=O) groups is 1. The van der Waals surface area contributed by atoms with Gasteiger partial charge < -0.3 is 28.4 Å². The Labute approximate surface area is 176 Å².